The molecule has 1 aromatic carbocycles. The number of nitrogens with two attached hydrogens (primary N) is 1. The Balaban J connectivity index is 2.07. The van der Waals surface area contributed by atoms with E-state index in [-0.39, 0.29) is 6.04 Å². The summed E-state index contributed by atoms with van der Waals surface area (Å²) in [7, 11) is 0. The van der Waals surface area contributed by atoms with E-state index in [9.17, 15) is 0 Å². The highest BCUT2D eigenvalue weighted by Crippen LogP contribution is 2.33. The van der Waals surface area contributed by atoms with Crippen LogP contribution in [-0.2, 0) is 0 Å². The fourth-order valence-corrected chi connectivity index (χ4v) is 2.94. The minimum absolute atomic E-state index is 0.154. The first-order chi connectivity index (χ1) is 7.68. The van der Waals surface area contributed by atoms with Gasteiger partial charge in [0.05, 0.1) is 0 Å². The molecule has 0 bridgehead atoms. The normalized spacial score (nSPS) is 18.9. The van der Waals surface area contributed by atoms with Gasteiger partial charge in [0.1, 0.15) is 0 Å². The van der Waals surface area contributed by atoms with Gasteiger partial charge in [-0.15, -0.1) is 0 Å². The predicted molar refractivity (Wildman–Crippen MR) is 69.7 cm³/mol. The monoisotopic (exact) mass is 237 g/mol. The predicted octanol–water partition coefficient (Wildman–Crippen LogP) is 4.23. The van der Waals surface area contributed by atoms with Crippen LogP contribution in [0.15, 0.2) is 18.2 Å². The Morgan fingerprint density at radius 1 is 1.38 bits per heavy atom. The average Bonchev–Trinajstić information content (AvgIpc) is 2.74. The molecule has 1 saturated carbocycles. The summed E-state index contributed by atoms with van der Waals surface area (Å²) in [4.78, 5) is 0. The maximum absolute atomic E-state index is 6.29. The van der Waals surface area contributed by atoms with Gasteiger partial charge in [-0.2, -0.15) is 0 Å². The third kappa shape index (κ3) is 2.58. The maximum Gasteiger partial charge on any atom is 0.0438 e. The van der Waals surface area contributed by atoms with Crippen LogP contribution in [0.2, 0.25) is 5.02 Å². The van der Waals surface area contributed by atoms with Gasteiger partial charge in [0, 0.05) is 11.1 Å². The van der Waals surface area contributed by atoms with Crippen LogP contribution in [-0.4, -0.2) is 0 Å². The summed E-state index contributed by atoms with van der Waals surface area (Å²) in [6.07, 6.45) is 6.58. The number of rotatable bonds is 3. The lowest BCUT2D eigenvalue weighted by Crippen LogP contribution is -2.15. The quantitative estimate of drug-likeness (QED) is 0.837. The summed E-state index contributed by atoms with van der Waals surface area (Å²) in [6, 6.07) is 6.20. The van der Waals surface area contributed by atoms with Gasteiger partial charge in [0.25, 0.3) is 0 Å². The van der Waals surface area contributed by atoms with Crippen molar-refractivity contribution >= 4 is 11.6 Å². The lowest BCUT2D eigenvalue weighted by Gasteiger charge is -2.19. The average molecular weight is 238 g/mol. The Hall–Kier alpha value is -0.530. The van der Waals surface area contributed by atoms with Crippen molar-refractivity contribution in [2.45, 2.75) is 45.1 Å². The summed E-state index contributed by atoms with van der Waals surface area (Å²) in [5.41, 5.74) is 8.66. The van der Waals surface area contributed by atoms with E-state index < -0.39 is 0 Å². The zero-order valence-corrected chi connectivity index (χ0v) is 10.6. The molecule has 0 amide bonds. The zero-order valence-electron chi connectivity index (χ0n) is 9.88. The lowest BCUT2D eigenvalue weighted by molar-refractivity contribution is 0.450. The van der Waals surface area contributed by atoms with E-state index in [1.165, 1.54) is 31.2 Å². The Morgan fingerprint density at radius 2 is 2.06 bits per heavy atom. The molecule has 1 aromatic rings. The van der Waals surface area contributed by atoms with E-state index in [0.717, 1.165) is 22.9 Å². The van der Waals surface area contributed by atoms with Crippen LogP contribution in [0, 0.1) is 12.8 Å². The highest BCUT2D eigenvalue weighted by atomic mass is 35.5. The molecule has 0 aliphatic heterocycles. The molecule has 2 rings (SSSR count). The number of halogens is 1. The summed E-state index contributed by atoms with van der Waals surface area (Å²) in [5, 5.41) is 0.833. The molecule has 88 valence electrons. The van der Waals surface area contributed by atoms with E-state index >= 15 is 0 Å². The summed E-state index contributed by atoms with van der Waals surface area (Å²) in [5.74, 6) is 0.827. The third-order valence-corrected chi connectivity index (χ3v) is 4.18. The first-order valence-corrected chi connectivity index (χ1v) is 6.57. The van der Waals surface area contributed by atoms with Gasteiger partial charge in [0.15, 0.2) is 0 Å². The zero-order chi connectivity index (χ0) is 11.5. The van der Waals surface area contributed by atoms with Crippen molar-refractivity contribution in [3.8, 4) is 0 Å². The van der Waals surface area contributed by atoms with Gasteiger partial charge < -0.3 is 5.73 Å². The molecule has 0 aromatic heterocycles. The molecule has 0 radical (unpaired) electrons. The van der Waals surface area contributed by atoms with E-state index in [0.29, 0.717) is 0 Å². The van der Waals surface area contributed by atoms with E-state index in [2.05, 4.69) is 13.0 Å². The van der Waals surface area contributed by atoms with Crippen molar-refractivity contribution in [2.75, 3.05) is 0 Å². The second-order valence-corrected chi connectivity index (χ2v) is 5.35. The summed E-state index contributed by atoms with van der Waals surface area (Å²) >= 11 is 6.12. The molecular formula is C14H20ClN. The summed E-state index contributed by atoms with van der Waals surface area (Å²) < 4.78 is 0. The van der Waals surface area contributed by atoms with Crippen LogP contribution in [0.1, 0.15) is 49.3 Å². The number of hydrogen-bond acceptors (Lipinski definition) is 1. The highest BCUT2D eigenvalue weighted by Gasteiger charge is 2.20. The van der Waals surface area contributed by atoms with Crippen LogP contribution in [0.25, 0.3) is 0 Å². The van der Waals surface area contributed by atoms with Gasteiger partial charge in [-0.3, -0.25) is 0 Å². The summed E-state index contributed by atoms with van der Waals surface area (Å²) in [6.45, 7) is 2.06. The molecule has 0 saturated heterocycles. The largest absolute Gasteiger partial charge is 0.324 e. The SMILES string of the molecule is Cc1c(Cl)cccc1C(N)CC1CCCC1. The van der Waals surface area contributed by atoms with Gasteiger partial charge >= 0.3 is 0 Å². The molecule has 1 unspecified atom stereocenters. The standard InChI is InChI=1S/C14H20ClN/c1-10-12(7-4-8-13(10)15)14(16)9-11-5-2-3-6-11/h4,7-8,11,14H,2-3,5-6,9,16H2,1H3. The Morgan fingerprint density at radius 3 is 2.75 bits per heavy atom. The molecule has 2 heteroatoms. The fourth-order valence-electron chi connectivity index (χ4n) is 2.76. The third-order valence-electron chi connectivity index (χ3n) is 3.77. The van der Waals surface area contributed by atoms with Gasteiger partial charge in [-0.25, -0.2) is 0 Å². The van der Waals surface area contributed by atoms with E-state index in [1.54, 1.807) is 0 Å². The van der Waals surface area contributed by atoms with Crippen molar-refractivity contribution in [1.82, 2.24) is 0 Å². The van der Waals surface area contributed by atoms with Crippen LogP contribution >= 0.6 is 11.6 Å². The van der Waals surface area contributed by atoms with Crippen molar-refractivity contribution in [3.05, 3.63) is 34.3 Å². The lowest BCUT2D eigenvalue weighted by atomic mass is 9.92. The smallest absolute Gasteiger partial charge is 0.0438 e. The second-order valence-electron chi connectivity index (χ2n) is 4.95. The molecule has 1 atom stereocenters. The first-order valence-electron chi connectivity index (χ1n) is 6.19. The van der Waals surface area contributed by atoms with Crippen LogP contribution < -0.4 is 5.73 Å². The van der Waals surface area contributed by atoms with E-state index in [4.69, 9.17) is 17.3 Å². The molecule has 1 nitrogen and oxygen atoms in total. The molecular weight excluding hydrogens is 218 g/mol. The molecule has 1 aliphatic rings. The highest BCUT2D eigenvalue weighted by molar-refractivity contribution is 6.31. The number of benzene rings is 1. The van der Waals surface area contributed by atoms with Gasteiger partial charge in [-0.1, -0.05) is 49.4 Å². The molecule has 1 aliphatic carbocycles. The van der Waals surface area contributed by atoms with Crippen LogP contribution in [0.3, 0.4) is 0 Å². The minimum atomic E-state index is 0.154. The Labute approximate surface area is 103 Å². The minimum Gasteiger partial charge on any atom is -0.324 e. The van der Waals surface area contributed by atoms with Crippen molar-refractivity contribution in [1.29, 1.82) is 0 Å². The topological polar surface area (TPSA) is 26.0 Å². The first kappa shape index (κ1) is 11.9. The van der Waals surface area contributed by atoms with Crippen molar-refractivity contribution < 1.29 is 0 Å². The molecule has 1 fully saturated rings. The molecule has 0 heterocycles. The van der Waals surface area contributed by atoms with Gasteiger partial charge in [0.2, 0.25) is 0 Å². The van der Waals surface area contributed by atoms with Gasteiger partial charge in [-0.05, 0) is 36.5 Å². The van der Waals surface area contributed by atoms with E-state index in [1.807, 2.05) is 12.1 Å². The fraction of sp³-hybridized carbons (Fsp3) is 0.571. The Kier molecular flexibility index (Phi) is 3.88. The number of hydrogen-bond donors (Lipinski definition) is 1. The van der Waals surface area contributed by atoms with Crippen LogP contribution in [0.5, 0.6) is 0 Å². The second kappa shape index (κ2) is 5.20. The van der Waals surface area contributed by atoms with Crippen LogP contribution in [0.4, 0.5) is 0 Å². The molecule has 16 heavy (non-hydrogen) atoms. The maximum atomic E-state index is 6.29. The molecule has 0 spiro atoms. The van der Waals surface area contributed by atoms with Crippen molar-refractivity contribution in [3.63, 3.8) is 0 Å². The van der Waals surface area contributed by atoms with Crippen molar-refractivity contribution in [2.24, 2.45) is 11.7 Å². The Bertz CT molecular complexity index is 356. The molecule has 2 N–H and O–H groups in total.